The smallest absolute Gasteiger partial charge is 0.255 e. The Morgan fingerprint density at radius 1 is 1.50 bits per heavy atom. The standard InChI is InChI=1S/C13H15N3O2/c1-2-6-18-12-5-3-4-10(7-12)13(17)16-11-8-14-15-9-11/h3-5,7-9H,2,6H2,1H3,(H,14,15)(H,16,17). The molecule has 0 fully saturated rings. The number of aromatic amines is 1. The summed E-state index contributed by atoms with van der Waals surface area (Å²) in [7, 11) is 0. The number of carbonyl (C=O) groups is 1. The second kappa shape index (κ2) is 5.86. The third-order valence-corrected chi connectivity index (χ3v) is 2.33. The van der Waals surface area contributed by atoms with Gasteiger partial charge in [0.2, 0.25) is 0 Å². The maximum Gasteiger partial charge on any atom is 0.255 e. The lowest BCUT2D eigenvalue weighted by Crippen LogP contribution is -2.11. The fraction of sp³-hybridized carbons (Fsp3) is 0.231. The Morgan fingerprint density at radius 3 is 3.11 bits per heavy atom. The third-order valence-electron chi connectivity index (χ3n) is 2.33. The molecule has 0 bridgehead atoms. The van der Waals surface area contributed by atoms with Crippen LogP contribution in [-0.2, 0) is 0 Å². The topological polar surface area (TPSA) is 67.0 Å². The van der Waals surface area contributed by atoms with Crippen molar-refractivity contribution in [1.29, 1.82) is 0 Å². The van der Waals surface area contributed by atoms with Gasteiger partial charge in [0.05, 0.1) is 18.5 Å². The zero-order valence-corrected chi connectivity index (χ0v) is 10.1. The van der Waals surface area contributed by atoms with E-state index in [1.807, 2.05) is 13.0 Å². The Morgan fingerprint density at radius 2 is 2.39 bits per heavy atom. The molecule has 5 nitrogen and oxygen atoms in total. The monoisotopic (exact) mass is 245 g/mol. The molecule has 0 saturated carbocycles. The average Bonchev–Trinajstić information content (AvgIpc) is 2.89. The molecule has 2 rings (SSSR count). The number of amides is 1. The first-order chi connectivity index (χ1) is 8.79. The van der Waals surface area contributed by atoms with E-state index in [0.717, 1.165) is 6.42 Å². The lowest BCUT2D eigenvalue weighted by atomic mass is 10.2. The highest BCUT2D eigenvalue weighted by Crippen LogP contribution is 2.15. The van der Waals surface area contributed by atoms with E-state index < -0.39 is 0 Å². The molecule has 18 heavy (non-hydrogen) atoms. The van der Waals surface area contributed by atoms with Crippen molar-refractivity contribution in [1.82, 2.24) is 10.2 Å². The number of benzene rings is 1. The van der Waals surface area contributed by atoms with Crippen LogP contribution in [0.25, 0.3) is 0 Å². The van der Waals surface area contributed by atoms with E-state index in [1.165, 1.54) is 0 Å². The summed E-state index contributed by atoms with van der Waals surface area (Å²) in [6.45, 7) is 2.68. The van der Waals surface area contributed by atoms with Crippen LogP contribution in [0.5, 0.6) is 5.75 Å². The van der Waals surface area contributed by atoms with Crippen molar-refractivity contribution in [3.8, 4) is 5.75 Å². The van der Waals surface area contributed by atoms with Gasteiger partial charge in [0.15, 0.2) is 0 Å². The molecule has 1 aromatic heterocycles. The molecular weight excluding hydrogens is 230 g/mol. The van der Waals surface area contributed by atoms with Gasteiger partial charge in [0.1, 0.15) is 5.75 Å². The van der Waals surface area contributed by atoms with Crippen molar-refractivity contribution in [3.63, 3.8) is 0 Å². The fourth-order valence-electron chi connectivity index (χ4n) is 1.47. The molecule has 94 valence electrons. The van der Waals surface area contributed by atoms with Crippen LogP contribution in [0.1, 0.15) is 23.7 Å². The number of hydrogen-bond donors (Lipinski definition) is 2. The molecule has 0 atom stereocenters. The molecule has 0 saturated heterocycles. The summed E-state index contributed by atoms with van der Waals surface area (Å²) in [4.78, 5) is 11.9. The number of nitrogens with zero attached hydrogens (tertiary/aromatic N) is 1. The van der Waals surface area contributed by atoms with E-state index >= 15 is 0 Å². The summed E-state index contributed by atoms with van der Waals surface area (Å²) < 4.78 is 5.48. The molecule has 1 aromatic carbocycles. The van der Waals surface area contributed by atoms with Gasteiger partial charge in [-0.2, -0.15) is 5.10 Å². The average molecular weight is 245 g/mol. The fourth-order valence-corrected chi connectivity index (χ4v) is 1.47. The van der Waals surface area contributed by atoms with E-state index in [4.69, 9.17) is 4.74 Å². The number of aromatic nitrogens is 2. The number of ether oxygens (including phenoxy) is 1. The zero-order valence-electron chi connectivity index (χ0n) is 10.1. The summed E-state index contributed by atoms with van der Waals surface area (Å²) in [6.07, 6.45) is 4.11. The van der Waals surface area contributed by atoms with E-state index in [-0.39, 0.29) is 5.91 Å². The van der Waals surface area contributed by atoms with Crippen molar-refractivity contribution in [2.45, 2.75) is 13.3 Å². The van der Waals surface area contributed by atoms with Gasteiger partial charge >= 0.3 is 0 Å². The number of hydrogen-bond acceptors (Lipinski definition) is 3. The molecule has 0 aliphatic carbocycles. The van der Waals surface area contributed by atoms with Crippen molar-refractivity contribution in [2.24, 2.45) is 0 Å². The summed E-state index contributed by atoms with van der Waals surface area (Å²) in [5.41, 5.74) is 1.20. The Hall–Kier alpha value is -2.30. The van der Waals surface area contributed by atoms with Gasteiger partial charge in [-0.3, -0.25) is 9.89 Å². The van der Waals surface area contributed by atoms with Gasteiger partial charge < -0.3 is 10.1 Å². The summed E-state index contributed by atoms with van der Waals surface area (Å²) in [5.74, 6) is 0.523. The first kappa shape index (κ1) is 12.2. The first-order valence-corrected chi connectivity index (χ1v) is 5.82. The lowest BCUT2D eigenvalue weighted by molar-refractivity contribution is 0.102. The minimum absolute atomic E-state index is 0.182. The SMILES string of the molecule is CCCOc1cccc(C(=O)Nc2cn[nH]c2)c1. The minimum Gasteiger partial charge on any atom is -0.494 e. The number of nitrogens with one attached hydrogen (secondary N) is 2. The van der Waals surface area contributed by atoms with Crippen molar-refractivity contribution in [3.05, 3.63) is 42.2 Å². The van der Waals surface area contributed by atoms with Gasteiger partial charge in [-0.05, 0) is 24.6 Å². The molecule has 1 heterocycles. The van der Waals surface area contributed by atoms with E-state index in [2.05, 4.69) is 15.5 Å². The predicted octanol–water partition coefficient (Wildman–Crippen LogP) is 2.45. The predicted molar refractivity (Wildman–Crippen MR) is 68.8 cm³/mol. The normalized spacial score (nSPS) is 10.1. The molecule has 0 aliphatic rings. The van der Waals surface area contributed by atoms with Crippen LogP contribution in [0.2, 0.25) is 0 Å². The largest absolute Gasteiger partial charge is 0.494 e. The molecule has 2 N–H and O–H groups in total. The summed E-state index contributed by atoms with van der Waals surface area (Å²) in [6, 6.07) is 7.11. The van der Waals surface area contributed by atoms with Gasteiger partial charge in [0, 0.05) is 11.8 Å². The van der Waals surface area contributed by atoms with Crippen LogP contribution in [0.3, 0.4) is 0 Å². The maximum atomic E-state index is 11.9. The number of anilines is 1. The zero-order chi connectivity index (χ0) is 12.8. The number of carbonyl (C=O) groups excluding carboxylic acids is 1. The van der Waals surface area contributed by atoms with E-state index in [0.29, 0.717) is 23.6 Å². The van der Waals surface area contributed by atoms with E-state index in [9.17, 15) is 4.79 Å². The van der Waals surface area contributed by atoms with Crippen LogP contribution in [0.15, 0.2) is 36.7 Å². The maximum absolute atomic E-state index is 11.9. The highest BCUT2D eigenvalue weighted by atomic mass is 16.5. The molecule has 0 radical (unpaired) electrons. The van der Waals surface area contributed by atoms with Crippen molar-refractivity contribution >= 4 is 11.6 Å². The molecule has 0 aliphatic heterocycles. The Bertz CT molecular complexity index is 509. The molecule has 0 unspecified atom stereocenters. The van der Waals surface area contributed by atoms with Crippen LogP contribution in [0.4, 0.5) is 5.69 Å². The minimum atomic E-state index is -0.182. The third kappa shape index (κ3) is 3.10. The van der Waals surface area contributed by atoms with Gasteiger partial charge in [0.25, 0.3) is 5.91 Å². The van der Waals surface area contributed by atoms with Crippen molar-refractivity contribution < 1.29 is 9.53 Å². The number of H-pyrrole nitrogens is 1. The molecule has 1 amide bonds. The first-order valence-electron chi connectivity index (χ1n) is 5.82. The van der Waals surface area contributed by atoms with Gasteiger partial charge in [-0.15, -0.1) is 0 Å². The lowest BCUT2D eigenvalue weighted by Gasteiger charge is -2.06. The highest BCUT2D eigenvalue weighted by molar-refractivity contribution is 6.04. The molecule has 0 spiro atoms. The second-order valence-electron chi connectivity index (χ2n) is 3.82. The molecule has 5 heteroatoms. The van der Waals surface area contributed by atoms with Crippen molar-refractivity contribution in [2.75, 3.05) is 11.9 Å². The highest BCUT2D eigenvalue weighted by Gasteiger charge is 2.07. The van der Waals surface area contributed by atoms with Crippen LogP contribution in [-0.4, -0.2) is 22.7 Å². The molecule has 2 aromatic rings. The Labute approximate surface area is 105 Å². The quantitative estimate of drug-likeness (QED) is 0.850. The van der Waals surface area contributed by atoms with Crippen LogP contribution < -0.4 is 10.1 Å². The number of rotatable bonds is 5. The summed E-state index contributed by atoms with van der Waals surface area (Å²) >= 11 is 0. The Balaban J connectivity index is 2.05. The van der Waals surface area contributed by atoms with Crippen LogP contribution >= 0.6 is 0 Å². The second-order valence-corrected chi connectivity index (χ2v) is 3.82. The van der Waals surface area contributed by atoms with Gasteiger partial charge in [-0.1, -0.05) is 13.0 Å². The van der Waals surface area contributed by atoms with Crippen LogP contribution in [0, 0.1) is 0 Å². The van der Waals surface area contributed by atoms with Gasteiger partial charge in [-0.25, -0.2) is 0 Å². The Kier molecular flexibility index (Phi) is 3.96. The molecular formula is C13H15N3O2. The summed E-state index contributed by atoms with van der Waals surface area (Å²) in [5, 5.41) is 9.13. The van der Waals surface area contributed by atoms with E-state index in [1.54, 1.807) is 30.6 Å².